The van der Waals surface area contributed by atoms with E-state index in [4.69, 9.17) is 5.11 Å². The molecule has 1 fully saturated rings. The molecule has 0 bridgehead atoms. The summed E-state index contributed by atoms with van der Waals surface area (Å²) in [6.45, 7) is 7.10. The van der Waals surface area contributed by atoms with Gasteiger partial charge in [-0.05, 0) is 44.6 Å². The molecular weight excluding hydrogens is 214 g/mol. The first-order chi connectivity index (χ1) is 8.15. The number of aliphatic hydroxyl groups is 1. The topological polar surface area (TPSA) is 40.5 Å². The monoisotopic (exact) mass is 241 g/mol. The predicted molar refractivity (Wildman–Crippen MR) is 69.9 cm³/mol. The highest BCUT2D eigenvalue weighted by Gasteiger charge is 2.35. The maximum Gasteiger partial charge on any atom is 0.127 e. The fraction of sp³-hybridized carbons (Fsp3) is 0.929. The van der Waals surface area contributed by atoms with Crippen LogP contribution >= 0.6 is 0 Å². The van der Waals surface area contributed by atoms with E-state index in [9.17, 15) is 4.79 Å². The van der Waals surface area contributed by atoms with Crippen molar-refractivity contribution in [3.8, 4) is 0 Å². The van der Waals surface area contributed by atoms with E-state index in [-0.39, 0.29) is 12.0 Å². The van der Waals surface area contributed by atoms with Crippen molar-refractivity contribution in [2.24, 2.45) is 11.3 Å². The molecule has 0 aliphatic heterocycles. The third-order valence-corrected chi connectivity index (χ3v) is 4.01. The van der Waals surface area contributed by atoms with Gasteiger partial charge in [-0.25, -0.2) is 0 Å². The van der Waals surface area contributed by atoms with Crippen molar-refractivity contribution in [3.05, 3.63) is 0 Å². The fourth-order valence-corrected chi connectivity index (χ4v) is 2.82. The zero-order valence-corrected chi connectivity index (χ0v) is 11.3. The highest BCUT2D eigenvalue weighted by molar-refractivity contribution is 5.60. The van der Waals surface area contributed by atoms with Gasteiger partial charge in [0.15, 0.2) is 0 Å². The third-order valence-electron chi connectivity index (χ3n) is 4.01. The second kappa shape index (κ2) is 7.12. The summed E-state index contributed by atoms with van der Waals surface area (Å²) in [6, 6.07) is 0. The Morgan fingerprint density at radius 3 is 2.47 bits per heavy atom. The number of rotatable bonds is 7. The Balaban J connectivity index is 2.56. The average molecular weight is 241 g/mol. The molecule has 1 N–H and O–H groups in total. The number of hydrogen-bond acceptors (Lipinski definition) is 3. The highest BCUT2D eigenvalue weighted by atomic mass is 16.3. The molecule has 0 heterocycles. The maximum absolute atomic E-state index is 11.4. The number of aliphatic hydroxyl groups excluding tert-OH is 1. The molecule has 0 spiro atoms. The van der Waals surface area contributed by atoms with Gasteiger partial charge in [-0.1, -0.05) is 13.8 Å². The summed E-state index contributed by atoms with van der Waals surface area (Å²) in [5.74, 6) is 0.764. The second-order valence-electron chi connectivity index (χ2n) is 5.66. The number of nitrogens with zero attached hydrogens (tertiary/aromatic N) is 1. The Labute approximate surface area is 105 Å². The first kappa shape index (κ1) is 14.7. The van der Waals surface area contributed by atoms with Crippen molar-refractivity contribution in [1.82, 2.24) is 4.90 Å². The largest absolute Gasteiger partial charge is 0.395 e. The van der Waals surface area contributed by atoms with E-state index < -0.39 is 0 Å². The van der Waals surface area contributed by atoms with Crippen molar-refractivity contribution < 1.29 is 9.90 Å². The van der Waals surface area contributed by atoms with Gasteiger partial charge in [-0.15, -0.1) is 0 Å². The Morgan fingerprint density at radius 1 is 1.35 bits per heavy atom. The van der Waals surface area contributed by atoms with Gasteiger partial charge in [-0.2, -0.15) is 0 Å². The minimum absolute atomic E-state index is 0.142. The summed E-state index contributed by atoms with van der Waals surface area (Å²) in [7, 11) is 0. The summed E-state index contributed by atoms with van der Waals surface area (Å²) in [5.41, 5.74) is -0.142. The standard InChI is InChI=1S/C14H27NO2/c1-3-8-15(9-10-16)11-14(12-17)6-4-13(2)5-7-14/h12-13,16H,3-11H2,1-2H3. The van der Waals surface area contributed by atoms with Crippen LogP contribution < -0.4 is 0 Å². The van der Waals surface area contributed by atoms with Crippen LogP contribution in [0.1, 0.15) is 46.0 Å². The van der Waals surface area contributed by atoms with Crippen molar-refractivity contribution >= 4 is 6.29 Å². The lowest BCUT2D eigenvalue weighted by Gasteiger charge is -2.38. The van der Waals surface area contributed by atoms with E-state index >= 15 is 0 Å². The molecule has 0 aromatic rings. The van der Waals surface area contributed by atoms with Gasteiger partial charge in [0.25, 0.3) is 0 Å². The number of carbonyl (C=O) groups is 1. The van der Waals surface area contributed by atoms with E-state index in [1.165, 1.54) is 6.29 Å². The zero-order chi connectivity index (χ0) is 12.7. The summed E-state index contributed by atoms with van der Waals surface area (Å²) in [4.78, 5) is 13.7. The maximum atomic E-state index is 11.4. The molecule has 0 amide bonds. The van der Waals surface area contributed by atoms with Crippen molar-refractivity contribution in [1.29, 1.82) is 0 Å². The van der Waals surface area contributed by atoms with Gasteiger partial charge in [0.05, 0.1) is 6.61 Å². The van der Waals surface area contributed by atoms with Crippen molar-refractivity contribution in [2.45, 2.75) is 46.0 Å². The molecule has 17 heavy (non-hydrogen) atoms. The minimum atomic E-state index is -0.142. The lowest BCUT2D eigenvalue weighted by atomic mass is 9.71. The summed E-state index contributed by atoms with van der Waals surface area (Å²) in [6.07, 6.45) is 6.62. The molecule has 3 heteroatoms. The van der Waals surface area contributed by atoms with Gasteiger partial charge in [0, 0.05) is 18.5 Å². The lowest BCUT2D eigenvalue weighted by molar-refractivity contribution is -0.119. The molecule has 0 radical (unpaired) electrons. The number of carbonyl (C=O) groups excluding carboxylic acids is 1. The van der Waals surface area contributed by atoms with Gasteiger partial charge < -0.3 is 14.8 Å². The average Bonchev–Trinajstić information content (AvgIpc) is 2.33. The molecule has 0 aromatic carbocycles. The van der Waals surface area contributed by atoms with Crippen molar-refractivity contribution in [2.75, 3.05) is 26.2 Å². The molecule has 0 atom stereocenters. The molecule has 100 valence electrons. The van der Waals surface area contributed by atoms with E-state index in [1.54, 1.807) is 0 Å². The van der Waals surface area contributed by atoms with Crippen LogP contribution in [0, 0.1) is 11.3 Å². The first-order valence-electron chi connectivity index (χ1n) is 6.95. The molecule has 0 aromatic heterocycles. The predicted octanol–water partition coefficient (Wildman–Crippen LogP) is 2.09. The van der Waals surface area contributed by atoms with Crippen LogP contribution in [0.5, 0.6) is 0 Å². The van der Waals surface area contributed by atoms with Crippen LogP contribution in [0.4, 0.5) is 0 Å². The van der Waals surface area contributed by atoms with Crippen LogP contribution in [0.25, 0.3) is 0 Å². The Morgan fingerprint density at radius 2 is 2.00 bits per heavy atom. The molecule has 0 unspecified atom stereocenters. The zero-order valence-electron chi connectivity index (χ0n) is 11.3. The van der Waals surface area contributed by atoms with E-state index in [0.717, 1.165) is 51.1 Å². The SMILES string of the molecule is CCCN(CCO)CC1(C=O)CCC(C)CC1. The summed E-state index contributed by atoms with van der Waals surface area (Å²) in [5, 5.41) is 9.06. The molecule has 0 saturated heterocycles. The van der Waals surface area contributed by atoms with E-state index in [0.29, 0.717) is 6.54 Å². The summed E-state index contributed by atoms with van der Waals surface area (Å²) < 4.78 is 0. The van der Waals surface area contributed by atoms with Gasteiger partial charge in [-0.3, -0.25) is 0 Å². The Bertz CT molecular complexity index is 216. The number of hydrogen-bond donors (Lipinski definition) is 1. The number of aldehydes is 1. The summed E-state index contributed by atoms with van der Waals surface area (Å²) >= 11 is 0. The van der Waals surface area contributed by atoms with Crippen LogP contribution in [0.2, 0.25) is 0 Å². The second-order valence-corrected chi connectivity index (χ2v) is 5.66. The normalized spacial score (nSPS) is 29.5. The minimum Gasteiger partial charge on any atom is -0.395 e. The van der Waals surface area contributed by atoms with Gasteiger partial charge >= 0.3 is 0 Å². The van der Waals surface area contributed by atoms with E-state index in [2.05, 4.69) is 18.7 Å². The van der Waals surface area contributed by atoms with Crippen LogP contribution in [-0.4, -0.2) is 42.5 Å². The molecular formula is C14H27NO2. The van der Waals surface area contributed by atoms with E-state index in [1.807, 2.05) is 0 Å². The Hall–Kier alpha value is -0.410. The molecule has 1 saturated carbocycles. The van der Waals surface area contributed by atoms with Crippen molar-refractivity contribution in [3.63, 3.8) is 0 Å². The molecule has 3 nitrogen and oxygen atoms in total. The smallest absolute Gasteiger partial charge is 0.127 e. The van der Waals surface area contributed by atoms with Gasteiger partial charge in [0.2, 0.25) is 0 Å². The lowest BCUT2D eigenvalue weighted by Crippen LogP contribution is -2.42. The van der Waals surface area contributed by atoms with Crippen LogP contribution in [-0.2, 0) is 4.79 Å². The first-order valence-corrected chi connectivity index (χ1v) is 6.95. The fourth-order valence-electron chi connectivity index (χ4n) is 2.82. The molecule has 1 aliphatic rings. The quantitative estimate of drug-likeness (QED) is 0.694. The third kappa shape index (κ3) is 4.40. The van der Waals surface area contributed by atoms with Crippen LogP contribution in [0.3, 0.4) is 0 Å². The van der Waals surface area contributed by atoms with Crippen LogP contribution in [0.15, 0.2) is 0 Å². The molecule has 1 aliphatic carbocycles. The Kier molecular flexibility index (Phi) is 6.14. The highest BCUT2D eigenvalue weighted by Crippen LogP contribution is 2.37. The van der Waals surface area contributed by atoms with Gasteiger partial charge in [0.1, 0.15) is 6.29 Å². The molecule has 1 rings (SSSR count).